The van der Waals surface area contributed by atoms with Crippen molar-refractivity contribution >= 4 is 17.3 Å². The van der Waals surface area contributed by atoms with E-state index in [1.807, 2.05) is 36.1 Å². The molecule has 0 fully saturated rings. The smallest absolute Gasteiger partial charge is 0.244 e. The van der Waals surface area contributed by atoms with Gasteiger partial charge in [-0.3, -0.25) is 4.79 Å². The molecule has 23 heavy (non-hydrogen) atoms. The predicted octanol–water partition coefficient (Wildman–Crippen LogP) is 3.74. The Balaban J connectivity index is 1.78. The number of nitrogens with zero attached hydrogens (tertiary/aromatic N) is 1. The molecule has 1 aliphatic heterocycles. The van der Waals surface area contributed by atoms with Gasteiger partial charge in [0.2, 0.25) is 5.91 Å². The first-order chi connectivity index (χ1) is 11.1. The molecule has 0 spiro atoms. The van der Waals surface area contributed by atoms with Crippen molar-refractivity contribution in [3.8, 4) is 0 Å². The minimum Gasteiger partial charge on any atom is -0.359 e. The average Bonchev–Trinajstić information content (AvgIpc) is 2.54. The number of fused-ring (bicyclic) bond motifs is 1. The van der Waals surface area contributed by atoms with E-state index < -0.39 is 23.2 Å². The van der Waals surface area contributed by atoms with E-state index in [0.29, 0.717) is 0 Å². The van der Waals surface area contributed by atoms with Crippen LogP contribution in [0.1, 0.15) is 18.9 Å². The summed E-state index contributed by atoms with van der Waals surface area (Å²) in [4.78, 5) is 14.2. The molecular formula is C18H18F2N2O. The van der Waals surface area contributed by atoms with Gasteiger partial charge in [-0.25, -0.2) is 8.78 Å². The summed E-state index contributed by atoms with van der Waals surface area (Å²) < 4.78 is 27.3. The highest BCUT2D eigenvalue weighted by atomic mass is 19.1. The van der Waals surface area contributed by atoms with Crippen molar-refractivity contribution < 1.29 is 13.6 Å². The third-order valence-electron chi connectivity index (χ3n) is 4.21. The molecule has 0 saturated carbocycles. The maximum absolute atomic E-state index is 13.6. The Kier molecular flexibility index (Phi) is 4.28. The van der Waals surface area contributed by atoms with Crippen molar-refractivity contribution in [2.45, 2.75) is 25.8 Å². The van der Waals surface area contributed by atoms with Gasteiger partial charge in [0.25, 0.3) is 0 Å². The number of hydrogen-bond acceptors (Lipinski definition) is 2. The summed E-state index contributed by atoms with van der Waals surface area (Å²) >= 11 is 0. The SMILES string of the molecule is C[C@H]1CCc2ccccc2N1CC(=O)Nc1c(F)cccc1F. The van der Waals surface area contributed by atoms with Crippen LogP contribution < -0.4 is 10.2 Å². The van der Waals surface area contributed by atoms with E-state index in [9.17, 15) is 13.6 Å². The van der Waals surface area contributed by atoms with Crippen LogP contribution >= 0.6 is 0 Å². The monoisotopic (exact) mass is 316 g/mol. The highest BCUT2D eigenvalue weighted by Crippen LogP contribution is 2.30. The number of hydrogen-bond donors (Lipinski definition) is 1. The Morgan fingerprint density at radius 2 is 1.87 bits per heavy atom. The minimum atomic E-state index is -0.773. The molecule has 3 nitrogen and oxygen atoms in total. The maximum Gasteiger partial charge on any atom is 0.244 e. The van der Waals surface area contributed by atoms with Crippen molar-refractivity contribution in [2.75, 3.05) is 16.8 Å². The van der Waals surface area contributed by atoms with E-state index in [4.69, 9.17) is 0 Å². The fraction of sp³-hybridized carbons (Fsp3) is 0.278. The first-order valence-electron chi connectivity index (χ1n) is 7.64. The molecule has 5 heteroatoms. The number of anilines is 2. The summed E-state index contributed by atoms with van der Waals surface area (Å²) in [6.45, 7) is 2.11. The number of halogens is 2. The molecule has 0 aromatic heterocycles. The molecule has 1 heterocycles. The Morgan fingerprint density at radius 3 is 2.61 bits per heavy atom. The molecule has 0 bridgehead atoms. The summed E-state index contributed by atoms with van der Waals surface area (Å²) in [6, 6.07) is 11.6. The number of rotatable bonds is 3. The van der Waals surface area contributed by atoms with Gasteiger partial charge in [0.05, 0.1) is 6.54 Å². The number of para-hydroxylation sites is 2. The highest BCUT2D eigenvalue weighted by Gasteiger charge is 2.25. The molecule has 0 unspecified atom stereocenters. The quantitative estimate of drug-likeness (QED) is 0.935. The van der Waals surface area contributed by atoms with Crippen LogP contribution in [0.4, 0.5) is 20.2 Å². The normalized spacial score (nSPS) is 16.8. The molecule has 0 saturated heterocycles. The zero-order valence-corrected chi connectivity index (χ0v) is 12.9. The van der Waals surface area contributed by atoms with Crippen LogP contribution in [0.25, 0.3) is 0 Å². The molecule has 1 N–H and O–H groups in total. The Hall–Kier alpha value is -2.43. The van der Waals surface area contributed by atoms with E-state index in [1.54, 1.807) is 0 Å². The van der Waals surface area contributed by atoms with Gasteiger partial charge < -0.3 is 10.2 Å². The fourth-order valence-electron chi connectivity index (χ4n) is 2.95. The number of benzene rings is 2. The van der Waals surface area contributed by atoms with Crippen LogP contribution in [0.2, 0.25) is 0 Å². The van der Waals surface area contributed by atoms with Crippen LogP contribution in [0.15, 0.2) is 42.5 Å². The Morgan fingerprint density at radius 1 is 1.17 bits per heavy atom. The second-order valence-corrected chi connectivity index (χ2v) is 5.79. The lowest BCUT2D eigenvalue weighted by Gasteiger charge is -2.36. The molecule has 2 aromatic carbocycles. The third-order valence-corrected chi connectivity index (χ3v) is 4.21. The van der Waals surface area contributed by atoms with E-state index in [0.717, 1.165) is 30.7 Å². The van der Waals surface area contributed by atoms with E-state index in [1.165, 1.54) is 11.6 Å². The minimum absolute atomic E-state index is 0.0615. The van der Waals surface area contributed by atoms with Crippen molar-refractivity contribution in [3.63, 3.8) is 0 Å². The van der Waals surface area contributed by atoms with E-state index >= 15 is 0 Å². The number of carbonyl (C=O) groups excluding carboxylic acids is 1. The first-order valence-corrected chi connectivity index (χ1v) is 7.64. The summed E-state index contributed by atoms with van der Waals surface area (Å²) in [7, 11) is 0. The van der Waals surface area contributed by atoms with E-state index in [-0.39, 0.29) is 12.6 Å². The van der Waals surface area contributed by atoms with Gasteiger partial charge in [0.15, 0.2) is 0 Å². The number of nitrogens with one attached hydrogen (secondary N) is 1. The number of aryl methyl sites for hydroxylation is 1. The van der Waals surface area contributed by atoms with Gasteiger partial charge >= 0.3 is 0 Å². The van der Waals surface area contributed by atoms with Crippen LogP contribution in [-0.2, 0) is 11.2 Å². The fourth-order valence-corrected chi connectivity index (χ4v) is 2.95. The molecular weight excluding hydrogens is 298 g/mol. The number of amides is 1. The zero-order valence-electron chi connectivity index (χ0n) is 12.9. The zero-order chi connectivity index (χ0) is 16.4. The number of carbonyl (C=O) groups is 1. The lowest BCUT2D eigenvalue weighted by Crippen LogP contribution is -2.42. The van der Waals surface area contributed by atoms with Crippen LogP contribution in [0, 0.1) is 11.6 Å². The predicted molar refractivity (Wildman–Crippen MR) is 86.6 cm³/mol. The van der Waals surface area contributed by atoms with Gasteiger partial charge in [-0.05, 0) is 43.5 Å². The van der Waals surface area contributed by atoms with Crippen LogP contribution in [0.3, 0.4) is 0 Å². The lowest BCUT2D eigenvalue weighted by molar-refractivity contribution is -0.115. The standard InChI is InChI=1S/C18H18F2N2O/c1-12-9-10-13-5-2-3-8-16(13)22(12)11-17(23)21-18-14(19)6-4-7-15(18)20/h2-8,12H,9-11H2,1H3,(H,21,23)/t12-/m0/s1. The molecule has 0 radical (unpaired) electrons. The van der Waals surface area contributed by atoms with Crippen molar-refractivity contribution in [3.05, 3.63) is 59.7 Å². The van der Waals surface area contributed by atoms with Gasteiger partial charge in [0.1, 0.15) is 17.3 Å². The molecule has 1 atom stereocenters. The Labute approximate surface area is 133 Å². The van der Waals surface area contributed by atoms with Gasteiger partial charge in [-0.2, -0.15) is 0 Å². The molecule has 1 amide bonds. The molecule has 0 aliphatic carbocycles. The summed E-state index contributed by atoms with van der Waals surface area (Å²) in [5.41, 5.74) is 1.81. The van der Waals surface area contributed by atoms with Gasteiger partial charge in [-0.1, -0.05) is 24.3 Å². The van der Waals surface area contributed by atoms with Gasteiger partial charge in [0, 0.05) is 11.7 Å². The maximum atomic E-state index is 13.6. The molecule has 2 aromatic rings. The van der Waals surface area contributed by atoms with E-state index in [2.05, 4.69) is 5.32 Å². The summed E-state index contributed by atoms with van der Waals surface area (Å²) in [5.74, 6) is -1.98. The summed E-state index contributed by atoms with van der Waals surface area (Å²) in [5, 5.41) is 2.35. The second-order valence-electron chi connectivity index (χ2n) is 5.79. The first kappa shape index (κ1) is 15.5. The largest absolute Gasteiger partial charge is 0.359 e. The Bertz CT molecular complexity index is 712. The van der Waals surface area contributed by atoms with Crippen molar-refractivity contribution in [1.29, 1.82) is 0 Å². The van der Waals surface area contributed by atoms with Crippen LogP contribution in [0.5, 0.6) is 0 Å². The highest BCUT2D eigenvalue weighted by molar-refractivity contribution is 5.94. The van der Waals surface area contributed by atoms with Crippen LogP contribution in [-0.4, -0.2) is 18.5 Å². The topological polar surface area (TPSA) is 32.3 Å². The average molecular weight is 316 g/mol. The molecule has 3 rings (SSSR count). The third kappa shape index (κ3) is 3.18. The van der Waals surface area contributed by atoms with Crippen molar-refractivity contribution in [1.82, 2.24) is 0 Å². The second kappa shape index (κ2) is 6.36. The molecule has 1 aliphatic rings. The van der Waals surface area contributed by atoms with Crippen molar-refractivity contribution in [2.24, 2.45) is 0 Å². The lowest BCUT2D eigenvalue weighted by atomic mass is 9.96. The molecule has 120 valence electrons. The summed E-state index contributed by atoms with van der Waals surface area (Å²) in [6.07, 6.45) is 1.91. The van der Waals surface area contributed by atoms with Gasteiger partial charge in [-0.15, -0.1) is 0 Å².